The molecule has 1 aliphatic rings. The van der Waals surface area contributed by atoms with Gasteiger partial charge in [-0.25, -0.2) is 4.90 Å². The third-order valence-electron chi connectivity index (χ3n) is 6.26. The highest BCUT2D eigenvalue weighted by atomic mass is 79.9. The number of nitrogens with zero attached hydrogens (tertiary/aromatic N) is 3. The number of hydrogen-bond donors (Lipinski definition) is 1. The molecule has 0 fully saturated rings. The number of halogens is 2. The van der Waals surface area contributed by atoms with E-state index in [1.165, 1.54) is 18.7 Å². The van der Waals surface area contributed by atoms with Crippen molar-refractivity contribution in [3.8, 4) is 22.8 Å². The molecule has 3 aromatic carbocycles. The fraction of sp³-hybridized carbons (Fsp3) is 0.214. The van der Waals surface area contributed by atoms with Crippen LogP contribution in [0.1, 0.15) is 31.1 Å². The van der Waals surface area contributed by atoms with Crippen molar-refractivity contribution in [3.05, 3.63) is 91.6 Å². The van der Waals surface area contributed by atoms with E-state index >= 15 is 0 Å². The lowest BCUT2D eigenvalue weighted by Crippen LogP contribution is -2.60. The first-order valence-corrected chi connectivity index (χ1v) is 14.3. The number of aromatic nitrogens is 3. The summed E-state index contributed by atoms with van der Waals surface area (Å²) in [7, 11) is 1.56. The zero-order valence-corrected chi connectivity index (χ0v) is 24.6. The number of ether oxygens (including phenoxy) is 2. The lowest BCUT2D eigenvalue weighted by molar-refractivity contribution is -0.763. The van der Waals surface area contributed by atoms with Gasteiger partial charge in [0.25, 0.3) is 6.17 Å². The Morgan fingerprint density at radius 3 is 2.67 bits per heavy atom. The number of carbonyl (C=O) groups is 1. The van der Waals surface area contributed by atoms with Crippen molar-refractivity contribution in [1.82, 2.24) is 10.1 Å². The van der Waals surface area contributed by atoms with Crippen molar-refractivity contribution < 1.29 is 19.0 Å². The Morgan fingerprint density at radius 1 is 1.21 bits per heavy atom. The number of methoxy groups -OCH3 is 1. The molecular weight excluding hydrogens is 604 g/mol. The smallest absolute Gasteiger partial charge is 0.325 e. The van der Waals surface area contributed by atoms with Gasteiger partial charge in [-0.15, -0.1) is 0 Å². The van der Waals surface area contributed by atoms with Gasteiger partial charge in [-0.3, -0.25) is 14.6 Å². The molecule has 4 aromatic rings. The number of aromatic amines is 1. The van der Waals surface area contributed by atoms with Gasteiger partial charge in [-0.1, -0.05) is 53.7 Å². The molecule has 0 bridgehead atoms. The molecule has 0 saturated carbocycles. The highest BCUT2D eigenvalue weighted by molar-refractivity contribution is 9.10. The van der Waals surface area contributed by atoms with Crippen LogP contribution in [0.25, 0.3) is 11.3 Å². The second kappa shape index (κ2) is 11.4. The molecule has 39 heavy (non-hydrogen) atoms. The van der Waals surface area contributed by atoms with E-state index in [2.05, 4.69) is 20.9 Å². The molecule has 0 radical (unpaired) electrons. The van der Waals surface area contributed by atoms with Crippen molar-refractivity contribution in [2.75, 3.05) is 18.6 Å². The molecule has 1 aliphatic heterocycles. The predicted octanol–water partition coefficient (Wildman–Crippen LogP) is 5.75. The Hall–Kier alpha value is -3.34. The number of benzene rings is 3. The van der Waals surface area contributed by atoms with Crippen molar-refractivity contribution in [1.29, 1.82) is 0 Å². The summed E-state index contributed by atoms with van der Waals surface area (Å²) in [5.41, 5.74) is 2.85. The SMILES string of the molecule is CCOc1c(Br)cc(C2N(C(C)=O)c3ccccc3-c3c(=O)[nH]c(SCc4ccccc4Cl)n[n+]32)cc1OC. The molecule has 2 heterocycles. The van der Waals surface area contributed by atoms with E-state index in [-0.39, 0.29) is 11.5 Å². The van der Waals surface area contributed by atoms with E-state index in [0.29, 0.717) is 61.0 Å². The zero-order chi connectivity index (χ0) is 27.7. The van der Waals surface area contributed by atoms with Crippen molar-refractivity contribution >= 4 is 50.9 Å². The fourth-order valence-electron chi connectivity index (χ4n) is 4.61. The van der Waals surface area contributed by atoms with Crippen LogP contribution in [-0.4, -0.2) is 29.7 Å². The first-order chi connectivity index (χ1) is 18.8. The minimum Gasteiger partial charge on any atom is -0.493 e. The van der Waals surface area contributed by atoms with Gasteiger partial charge in [-0.2, -0.15) is 0 Å². The number of anilines is 1. The monoisotopic (exact) mass is 627 g/mol. The van der Waals surface area contributed by atoms with Crippen LogP contribution in [-0.2, 0) is 10.5 Å². The van der Waals surface area contributed by atoms with Gasteiger partial charge >= 0.3 is 11.3 Å². The maximum atomic E-state index is 13.6. The molecule has 1 amide bonds. The molecule has 1 unspecified atom stereocenters. The van der Waals surface area contributed by atoms with Crippen LogP contribution in [0.5, 0.6) is 11.5 Å². The predicted molar refractivity (Wildman–Crippen MR) is 155 cm³/mol. The molecule has 1 aromatic heterocycles. The van der Waals surface area contributed by atoms with E-state index in [4.69, 9.17) is 26.2 Å². The number of H-pyrrole nitrogens is 1. The second-order valence-electron chi connectivity index (χ2n) is 8.68. The summed E-state index contributed by atoms with van der Waals surface area (Å²) in [5.74, 6) is 1.34. The largest absolute Gasteiger partial charge is 0.493 e. The Balaban J connectivity index is 1.71. The van der Waals surface area contributed by atoms with E-state index in [1.807, 2.05) is 61.5 Å². The first-order valence-electron chi connectivity index (χ1n) is 12.2. The second-order valence-corrected chi connectivity index (χ2v) is 10.9. The average molecular weight is 629 g/mol. The summed E-state index contributed by atoms with van der Waals surface area (Å²) in [6, 6.07) is 18.5. The summed E-state index contributed by atoms with van der Waals surface area (Å²) in [4.78, 5) is 31.3. The van der Waals surface area contributed by atoms with Crippen LogP contribution in [0.3, 0.4) is 0 Å². The minimum absolute atomic E-state index is 0.207. The summed E-state index contributed by atoms with van der Waals surface area (Å²) in [6.45, 7) is 3.83. The van der Waals surface area contributed by atoms with Gasteiger partial charge in [0.1, 0.15) is 0 Å². The number of fused-ring (bicyclic) bond motifs is 3. The van der Waals surface area contributed by atoms with Crippen LogP contribution in [0.15, 0.2) is 75.1 Å². The molecular formula is C28H25BrClN4O4S+. The van der Waals surface area contributed by atoms with Crippen LogP contribution in [0.4, 0.5) is 5.69 Å². The molecule has 0 aliphatic carbocycles. The molecule has 8 nitrogen and oxygen atoms in total. The van der Waals surface area contributed by atoms with Crippen molar-refractivity contribution in [3.63, 3.8) is 0 Å². The molecule has 0 saturated heterocycles. The van der Waals surface area contributed by atoms with Crippen molar-refractivity contribution in [2.45, 2.75) is 30.9 Å². The van der Waals surface area contributed by atoms with Gasteiger partial charge < -0.3 is 9.47 Å². The van der Waals surface area contributed by atoms with Gasteiger partial charge in [0.2, 0.25) is 11.1 Å². The van der Waals surface area contributed by atoms with E-state index in [9.17, 15) is 9.59 Å². The number of thioether (sulfide) groups is 1. The van der Waals surface area contributed by atoms with Crippen molar-refractivity contribution in [2.24, 2.45) is 0 Å². The van der Waals surface area contributed by atoms with Gasteiger partial charge in [0.05, 0.1) is 35.0 Å². The van der Waals surface area contributed by atoms with Crippen LogP contribution >= 0.6 is 39.3 Å². The maximum absolute atomic E-state index is 13.6. The third-order valence-corrected chi connectivity index (χ3v) is 8.13. The molecule has 5 rings (SSSR count). The molecule has 11 heteroatoms. The Morgan fingerprint density at radius 2 is 1.95 bits per heavy atom. The zero-order valence-electron chi connectivity index (χ0n) is 21.4. The topological polar surface area (TPSA) is 88.4 Å². The molecule has 0 spiro atoms. The van der Waals surface area contributed by atoms with E-state index in [0.717, 1.165) is 5.56 Å². The average Bonchev–Trinajstić information content (AvgIpc) is 2.92. The molecule has 1 N–H and O–H groups in total. The lowest BCUT2D eigenvalue weighted by Gasteiger charge is -2.31. The standard InChI is InChI=1S/C28H24BrClN4O4S/c1-4-38-25-20(29)13-18(14-23(25)37-3)27-33(16(2)35)22-12-8-6-10-19(22)24-26(36)31-28(32-34(24)27)39-15-17-9-5-7-11-21(17)30/h5-14,27H,4,15H2,1-3H3/p+1. The highest BCUT2D eigenvalue weighted by Gasteiger charge is 2.45. The number of rotatable bonds is 7. The van der Waals surface area contributed by atoms with Gasteiger partial charge in [-0.05, 0) is 63.4 Å². The number of amides is 1. The minimum atomic E-state index is -0.768. The Bertz CT molecular complexity index is 1630. The van der Waals surface area contributed by atoms with Crippen LogP contribution in [0, 0.1) is 0 Å². The third kappa shape index (κ3) is 5.16. The number of para-hydroxylation sites is 1. The maximum Gasteiger partial charge on any atom is 0.325 e. The molecule has 200 valence electrons. The summed E-state index contributed by atoms with van der Waals surface area (Å²) in [5, 5.41) is 5.89. The Labute approximate surface area is 243 Å². The molecule has 1 atom stereocenters. The Kier molecular flexibility index (Phi) is 7.97. The van der Waals surface area contributed by atoms with E-state index in [1.54, 1.807) is 22.8 Å². The highest BCUT2D eigenvalue weighted by Crippen LogP contribution is 2.42. The fourth-order valence-corrected chi connectivity index (χ4v) is 6.32. The quantitative estimate of drug-likeness (QED) is 0.207. The number of carbonyl (C=O) groups excluding carboxylic acids is 1. The summed E-state index contributed by atoms with van der Waals surface area (Å²) in [6.07, 6.45) is -0.768. The van der Waals surface area contributed by atoms with Crippen LogP contribution < -0.4 is 24.6 Å². The first kappa shape index (κ1) is 27.2. The number of hydrogen-bond acceptors (Lipinski definition) is 6. The lowest BCUT2D eigenvalue weighted by atomic mass is 10.0. The summed E-state index contributed by atoms with van der Waals surface area (Å²) >= 11 is 11.3. The van der Waals surface area contributed by atoms with Gasteiger partial charge in [0.15, 0.2) is 11.5 Å². The van der Waals surface area contributed by atoms with Gasteiger partial charge in [0, 0.05) is 22.8 Å². The normalized spacial score (nSPS) is 14.0. The number of nitrogens with one attached hydrogen (secondary N) is 1. The summed E-state index contributed by atoms with van der Waals surface area (Å²) < 4.78 is 13.7. The van der Waals surface area contributed by atoms with E-state index < -0.39 is 6.17 Å². The van der Waals surface area contributed by atoms with Crippen LogP contribution in [0.2, 0.25) is 5.02 Å².